The van der Waals surface area contributed by atoms with Gasteiger partial charge in [0.1, 0.15) is 5.75 Å². The van der Waals surface area contributed by atoms with Gasteiger partial charge in [-0.05, 0) is 50.1 Å². The van der Waals surface area contributed by atoms with E-state index in [1.165, 1.54) is 5.56 Å². The molecule has 0 spiro atoms. The SMILES string of the molecule is Cc1cccc(OCCC(=O)Nc2ccc(C)cc2C)c1. The van der Waals surface area contributed by atoms with E-state index in [1.807, 2.05) is 57.2 Å². The fraction of sp³-hybridized carbons (Fsp3) is 0.278. The molecule has 0 saturated carbocycles. The van der Waals surface area contributed by atoms with Crippen LogP contribution in [0.2, 0.25) is 0 Å². The fourth-order valence-corrected chi connectivity index (χ4v) is 2.13. The molecule has 0 aliphatic carbocycles. The molecule has 0 radical (unpaired) electrons. The number of hydrogen-bond donors (Lipinski definition) is 1. The van der Waals surface area contributed by atoms with Crippen LogP contribution in [0.15, 0.2) is 42.5 Å². The molecule has 0 unspecified atom stereocenters. The van der Waals surface area contributed by atoms with Crippen molar-refractivity contribution in [1.82, 2.24) is 0 Å². The van der Waals surface area contributed by atoms with E-state index in [1.54, 1.807) is 0 Å². The van der Waals surface area contributed by atoms with Crippen LogP contribution in [0, 0.1) is 20.8 Å². The summed E-state index contributed by atoms with van der Waals surface area (Å²) < 4.78 is 5.58. The standard InChI is InChI=1S/C18H21NO2/c1-13-5-4-6-16(12-13)21-10-9-18(20)19-17-8-7-14(2)11-15(17)3/h4-8,11-12H,9-10H2,1-3H3,(H,19,20). The number of hydrogen-bond acceptors (Lipinski definition) is 2. The minimum Gasteiger partial charge on any atom is -0.493 e. The van der Waals surface area contributed by atoms with Crippen molar-refractivity contribution < 1.29 is 9.53 Å². The lowest BCUT2D eigenvalue weighted by Crippen LogP contribution is -2.15. The summed E-state index contributed by atoms with van der Waals surface area (Å²) in [6, 6.07) is 13.8. The highest BCUT2D eigenvalue weighted by Crippen LogP contribution is 2.16. The van der Waals surface area contributed by atoms with Crippen LogP contribution < -0.4 is 10.1 Å². The van der Waals surface area contributed by atoms with E-state index in [2.05, 4.69) is 11.4 Å². The van der Waals surface area contributed by atoms with E-state index in [9.17, 15) is 4.79 Å². The second-order valence-electron chi connectivity index (χ2n) is 5.28. The molecule has 2 aromatic carbocycles. The molecular formula is C18H21NO2. The van der Waals surface area contributed by atoms with Gasteiger partial charge in [0, 0.05) is 5.69 Å². The molecule has 0 fully saturated rings. The number of benzene rings is 2. The Morgan fingerprint density at radius 1 is 1.05 bits per heavy atom. The Balaban J connectivity index is 1.82. The molecule has 2 aromatic rings. The van der Waals surface area contributed by atoms with Crippen molar-refractivity contribution >= 4 is 11.6 Å². The smallest absolute Gasteiger partial charge is 0.227 e. The number of amides is 1. The Kier molecular flexibility index (Phi) is 4.99. The Bertz CT molecular complexity index is 635. The third kappa shape index (κ3) is 4.63. The van der Waals surface area contributed by atoms with Crippen LogP contribution in [0.25, 0.3) is 0 Å². The Labute approximate surface area is 126 Å². The summed E-state index contributed by atoms with van der Waals surface area (Å²) in [6.45, 7) is 6.42. The van der Waals surface area contributed by atoms with Gasteiger partial charge in [0.25, 0.3) is 0 Å². The Morgan fingerprint density at radius 3 is 2.52 bits per heavy atom. The van der Waals surface area contributed by atoms with E-state index in [0.717, 1.165) is 22.6 Å². The van der Waals surface area contributed by atoms with Crippen molar-refractivity contribution in [2.45, 2.75) is 27.2 Å². The second kappa shape index (κ2) is 6.93. The summed E-state index contributed by atoms with van der Waals surface area (Å²) in [5, 5.41) is 2.92. The second-order valence-corrected chi connectivity index (χ2v) is 5.28. The summed E-state index contributed by atoms with van der Waals surface area (Å²) in [7, 11) is 0. The Hall–Kier alpha value is -2.29. The van der Waals surface area contributed by atoms with Crippen molar-refractivity contribution in [3.05, 3.63) is 59.2 Å². The normalized spacial score (nSPS) is 10.2. The molecule has 0 heterocycles. The van der Waals surface area contributed by atoms with E-state index in [4.69, 9.17) is 4.74 Å². The number of nitrogens with one attached hydrogen (secondary N) is 1. The summed E-state index contributed by atoms with van der Waals surface area (Å²) in [4.78, 5) is 11.9. The van der Waals surface area contributed by atoms with Gasteiger partial charge in [0.05, 0.1) is 13.0 Å². The molecule has 0 aliphatic heterocycles. The summed E-state index contributed by atoms with van der Waals surface area (Å²) >= 11 is 0. The highest BCUT2D eigenvalue weighted by Gasteiger charge is 2.05. The van der Waals surface area contributed by atoms with Gasteiger partial charge < -0.3 is 10.1 Å². The lowest BCUT2D eigenvalue weighted by atomic mass is 10.1. The van der Waals surface area contributed by atoms with Crippen LogP contribution in [-0.2, 0) is 4.79 Å². The number of carbonyl (C=O) groups is 1. The molecule has 3 nitrogen and oxygen atoms in total. The first-order chi connectivity index (χ1) is 10.0. The van der Waals surface area contributed by atoms with Gasteiger partial charge in [-0.2, -0.15) is 0 Å². The molecule has 0 aromatic heterocycles. The lowest BCUT2D eigenvalue weighted by molar-refractivity contribution is -0.116. The Morgan fingerprint density at radius 2 is 1.81 bits per heavy atom. The predicted octanol–water partition coefficient (Wildman–Crippen LogP) is 4.02. The van der Waals surface area contributed by atoms with Gasteiger partial charge in [0.2, 0.25) is 5.91 Å². The maximum Gasteiger partial charge on any atom is 0.227 e. The first kappa shape index (κ1) is 15.1. The molecule has 110 valence electrons. The monoisotopic (exact) mass is 283 g/mol. The molecule has 2 rings (SSSR count). The number of ether oxygens (including phenoxy) is 1. The van der Waals surface area contributed by atoms with Gasteiger partial charge in [-0.25, -0.2) is 0 Å². The summed E-state index contributed by atoms with van der Waals surface area (Å²) in [5.74, 6) is 0.768. The maximum atomic E-state index is 11.9. The maximum absolute atomic E-state index is 11.9. The van der Waals surface area contributed by atoms with E-state index >= 15 is 0 Å². The quantitative estimate of drug-likeness (QED) is 0.900. The third-order valence-corrected chi connectivity index (χ3v) is 3.24. The molecule has 3 heteroatoms. The zero-order valence-electron chi connectivity index (χ0n) is 12.8. The molecule has 1 N–H and O–H groups in total. The van der Waals surface area contributed by atoms with Gasteiger partial charge >= 0.3 is 0 Å². The van der Waals surface area contributed by atoms with Crippen LogP contribution in [0.4, 0.5) is 5.69 Å². The molecule has 21 heavy (non-hydrogen) atoms. The van der Waals surface area contributed by atoms with E-state index < -0.39 is 0 Å². The average Bonchev–Trinajstić information content (AvgIpc) is 2.42. The number of carbonyl (C=O) groups excluding carboxylic acids is 1. The van der Waals surface area contributed by atoms with Crippen LogP contribution >= 0.6 is 0 Å². The van der Waals surface area contributed by atoms with Gasteiger partial charge in [0.15, 0.2) is 0 Å². The third-order valence-electron chi connectivity index (χ3n) is 3.24. The molecule has 0 atom stereocenters. The molecular weight excluding hydrogens is 262 g/mol. The highest BCUT2D eigenvalue weighted by molar-refractivity contribution is 5.91. The first-order valence-corrected chi connectivity index (χ1v) is 7.11. The number of aryl methyl sites for hydroxylation is 3. The predicted molar refractivity (Wildman–Crippen MR) is 85.8 cm³/mol. The number of anilines is 1. The summed E-state index contributed by atoms with van der Waals surface area (Å²) in [5.41, 5.74) is 4.27. The van der Waals surface area contributed by atoms with E-state index in [-0.39, 0.29) is 5.91 Å². The zero-order valence-corrected chi connectivity index (χ0v) is 12.8. The van der Waals surface area contributed by atoms with Crippen molar-refractivity contribution in [3.8, 4) is 5.75 Å². The van der Waals surface area contributed by atoms with Gasteiger partial charge in [-0.1, -0.05) is 29.8 Å². The van der Waals surface area contributed by atoms with Gasteiger partial charge in [-0.3, -0.25) is 4.79 Å². The molecule has 1 amide bonds. The minimum absolute atomic E-state index is 0.0328. The fourth-order valence-electron chi connectivity index (χ4n) is 2.13. The lowest BCUT2D eigenvalue weighted by Gasteiger charge is -2.10. The zero-order chi connectivity index (χ0) is 15.2. The van der Waals surface area contributed by atoms with Crippen molar-refractivity contribution in [2.24, 2.45) is 0 Å². The van der Waals surface area contributed by atoms with Crippen molar-refractivity contribution in [1.29, 1.82) is 0 Å². The van der Waals surface area contributed by atoms with E-state index in [0.29, 0.717) is 13.0 Å². The molecule has 0 bridgehead atoms. The highest BCUT2D eigenvalue weighted by atomic mass is 16.5. The van der Waals surface area contributed by atoms with Crippen LogP contribution in [-0.4, -0.2) is 12.5 Å². The van der Waals surface area contributed by atoms with Crippen LogP contribution in [0.3, 0.4) is 0 Å². The minimum atomic E-state index is -0.0328. The van der Waals surface area contributed by atoms with Crippen LogP contribution in [0.1, 0.15) is 23.1 Å². The topological polar surface area (TPSA) is 38.3 Å². The molecule has 0 aliphatic rings. The van der Waals surface area contributed by atoms with Crippen molar-refractivity contribution in [2.75, 3.05) is 11.9 Å². The average molecular weight is 283 g/mol. The van der Waals surface area contributed by atoms with Crippen LogP contribution in [0.5, 0.6) is 5.75 Å². The van der Waals surface area contributed by atoms with Gasteiger partial charge in [-0.15, -0.1) is 0 Å². The molecule has 0 saturated heterocycles. The number of rotatable bonds is 5. The largest absolute Gasteiger partial charge is 0.493 e. The summed E-state index contributed by atoms with van der Waals surface area (Å²) in [6.07, 6.45) is 0.335. The first-order valence-electron chi connectivity index (χ1n) is 7.11. The van der Waals surface area contributed by atoms with Crippen molar-refractivity contribution in [3.63, 3.8) is 0 Å².